The van der Waals surface area contributed by atoms with Gasteiger partial charge in [0, 0.05) is 17.5 Å². The quantitative estimate of drug-likeness (QED) is 0.751. The fraction of sp³-hybridized carbons (Fsp3) is 0.412. The Bertz CT molecular complexity index is 530. The van der Waals surface area contributed by atoms with Gasteiger partial charge in [0.05, 0.1) is 4.34 Å². The molecule has 2 rings (SSSR count). The van der Waals surface area contributed by atoms with Crippen LogP contribution in [-0.2, 0) is 6.42 Å². The van der Waals surface area contributed by atoms with Crippen LogP contribution >= 0.6 is 22.9 Å². The molecule has 0 saturated carbocycles. The fourth-order valence-corrected chi connectivity index (χ4v) is 3.27. The van der Waals surface area contributed by atoms with Gasteiger partial charge >= 0.3 is 0 Å². The Balaban J connectivity index is 1.83. The van der Waals surface area contributed by atoms with E-state index in [1.165, 1.54) is 16.0 Å². The third kappa shape index (κ3) is 4.34. The molecule has 0 amide bonds. The van der Waals surface area contributed by atoms with Crippen molar-refractivity contribution >= 4 is 22.9 Å². The largest absolute Gasteiger partial charge is 0.310 e. The van der Waals surface area contributed by atoms with Crippen LogP contribution in [0.1, 0.15) is 48.7 Å². The average molecular weight is 308 g/mol. The maximum Gasteiger partial charge on any atom is 0.0931 e. The van der Waals surface area contributed by atoms with Crippen LogP contribution in [0.3, 0.4) is 0 Å². The summed E-state index contributed by atoms with van der Waals surface area (Å²) < 4.78 is 0.873. The predicted octanol–water partition coefficient (Wildman–Crippen LogP) is 5.42. The summed E-state index contributed by atoms with van der Waals surface area (Å²) in [6.07, 6.45) is 1.03. The minimum Gasteiger partial charge on any atom is -0.310 e. The lowest BCUT2D eigenvalue weighted by molar-refractivity contribution is 0.578. The fourth-order valence-electron chi connectivity index (χ4n) is 2.19. The lowest BCUT2D eigenvalue weighted by atomic mass is 9.99. The molecule has 0 fully saturated rings. The van der Waals surface area contributed by atoms with Crippen LogP contribution in [0, 0.1) is 0 Å². The second-order valence-corrected chi connectivity index (χ2v) is 7.25. The summed E-state index contributed by atoms with van der Waals surface area (Å²) in [5, 5.41) is 3.57. The molecule has 1 aromatic carbocycles. The Kier molecular flexibility index (Phi) is 5.64. The van der Waals surface area contributed by atoms with Gasteiger partial charge in [-0.15, -0.1) is 11.3 Å². The zero-order valence-corrected chi connectivity index (χ0v) is 13.9. The molecular formula is C17H22ClNS. The molecular weight excluding hydrogens is 286 g/mol. The topological polar surface area (TPSA) is 12.0 Å². The van der Waals surface area contributed by atoms with Crippen molar-refractivity contribution in [2.24, 2.45) is 0 Å². The molecule has 3 heteroatoms. The summed E-state index contributed by atoms with van der Waals surface area (Å²) in [6.45, 7) is 7.64. The molecule has 0 spiro atoms. The van der Waals surface area contributed by atoms with Crippen molar-refractivity contribution < 1.29 is 0 Å². The highest BCUT2D eigenvalue weighted by atomic mass is 35.5. The number of halogens is 1. The summed E-state index contributed by atoms with van der Waals surface area (Å²) in [7, 11) is 0. The van der Waals surface area contributed by atoms with Crippen LogP contribution in [0.4, 0.5) is 0 Å². The molecule has 1 aromatic heterocycles. The Morgan fingerprint density at radius 1 is 1.00 bits per heavy atom. The molecule has 1 N–H and O–H groups in total. The summed E-state index contributed by atoms with van der Waals surface area (Å²) in [4.78, 5) is 1.34. The maximum absolute atomic E-state index is 5.94. The van der Waals surface area contributed by atoms with Gasteiger partial charge in [-0.3, -0.25) is 0 Å². The lowest BCUT2D eigenvalue weighted by Gasteiger charge is -2.15. The zero-order valence-electron chi connectivity index (χ0n) is 12.3. The van der Waals surface area contributed by atoms with Crippen molar-refractivity contribution in [3.8, 4) is 0 Å². The van der Waals surface area contributed by atoms with Gasteiger partial charge in [0.15, 0.2) is 0 Å². The number of hydrogen-bond acceptors (Lipinski definition) is 2. The van der Waals surface area contributed by atoms with Gasteiger partial charge in [0.25, 0.3) is 0 Å². The molecule has 0 saturated heterocycles. The highest BCUT2D eigenvalue weighted by Gasteiger charge is 2.06. The van der Waals surface area contributed by atoms with Gasteiger partial charge in [-0.25, -0.2) is 0 Å². The van der Waals surface area contributed by atoms with Gasteiger partial charge in [0.2, 0.25) is 0 Å². The molecule has 0 aliphatic heterocycles. The third-order valence-corrected chi connectivity index (χ3v) is 4.84. The van der Waals surface area contributed by atoms with E-state index in [-0.39, 0.29) is 0 Å². The average Bonchev–Trinajstić information content (AvgIpc) is 2.84. The second-order valence-electron chi connectivity index (χ2n) is 5.45. The van der Waals surface area contributed by atoms with Crippen LogP contribution in [-0.4, -0.2) is 6.54 Å². The van der Waals surface area contributed by atoms with Gasteiger partial charge in [0.1, 0.15) is 0 Å². The van der Waals surface area contributed by atoms with E-state index in [1.807, 2.05) is 6.07 Å². The van der Waals surface area contributed by atoms with E-state index in [2.05, 4.69) is 56.4 Å². The molecule has 1 nitrogen and oxygen atoms in total. The summed E-state index contributed by atoms with van der Waals surface area (Å²) >= 11 is 7.60. The zero-order chi connectivity index (χ0) is 14.5. The van der Waals surface area contributed by atoms with Crippen molar-refractivity contribution in [2.45, 2.75) is 39.2 Å². The van der Waals surface area contributed by atoms with E-state index in [9.17, 15) is 0 Å². The molecule has 0 aliphatic rings. The van der Waals surface area contributed by atoms with E-state index >= 15 is 0 Å². The van der Waals surface area contributed by atoms with E-state index in [1.54, 1.807) is 11.3 Å². The normalized spacial score (nSPS) is 12.8. The summed E-state index contributed by atoms with van der Waals surface area (Å²) in [6, 6.07) is 13.4. The van der Waals surface area contributed by atoms with Crippen LogP contribution in [0.5, 0.6) is 0 Å². The van der Waals surface area contributed by atoms with E-state index in [0.717, 1.165) is 17.3 Å². The maximum atomic E-state index is 5.94. The van der Waals surface area contributed by atoms with Gasteiger partial charge in [-0.2, -0.15) is 0 Å². The van der Waals surface area contributed by atoms with Gasteiger partial charge in [-0.05, 0) is 42.5 Å². The van der Waals surface area contributed by atoms with Crippen molar-refractivity contribution in [2.75, 3.05) is 6.54 Å². The van der Waals surface area contributed by atoms with Crippen molar-refractivity contribution in [1.82, 2.24) is 5.32 Å². The Morgan fingerprint density at radius 2 is 1.65 bits per heavy atom. The minimum atomic E-state index is 0.381. The number of rotatable bonds is 6. The summed E-state index contributed by atoms with van der Waals surface area (Å²) in [5.41, 5.74) is 2.74. The van der Waals surface area contributed by atoms with Crippen molar-refractivity contribution in [3.63, 3.8) is 0 Å². The third-order valence-electron chi connectivity index (χ3n) is 3.55. The molecule has 20 heavy (non-hydrogen) atoms. The standard InChI is InChI=1S/C17H22ClNS/c1-12(2)14-4-6-15(7-5-14)13(3)19-11-10-16-8-9-17(18)20-16/h4-9,12-13,19H,10-11H2,1-3H3. The number of nitrogens with one attached hydrogen (secondary N) is 1. The molecule has 1 atom stereocenters. The van der Waals surface area contributed by atoms with Crippen LogP contribution in [0.15, 0.2) is 36.4 Å². The molecule has 1 unspecified atom stereocenters. The molecule has 0 bridgehead atoms. The summed E-state index contributed by atoms with van der Waals surface area (Å²) in [5.74, 6) is 0.593. The molecule has 108 valence electrons. The Morgan fingerprint density at radius 3 is 2.20 bits per heavy atom. The van der Waals surface area contributed by atoms with E-state index < -0.39 is 0 Å². The Hall–Kier alpha value is -0.830. The first kappa shape index (κ1) is 15.6. The molecule has 2 aromatic rings. The second kappa shape index (κ2) is 7.26. The molecule has 0 aliphatic carbocycles. The van der Waals surface area contributed by atoms with Crippen LogP contribution < -0.4 is 5.32 Å². The van der Waals surface area contributed by atoms with Gasteiger partial charge in [-0.1, -0.05) is 49.7 Å². The number of hydrogen-bond donors (Lipinski definition) is 1. The van der Waals surface area contributed by atoms with Crippen molar-refractivity contribution in [1.29, 1.82) is 0 Å². The van der Waals surface area contributed by atoms with E-state index in [0.29, 0.717) is 12.0 Å². The lowest BCUT2D eigenvalue weighted by Crippen LogP contribution is -2.21. The number of benzene rings is 1. The monoisotopic (exact) mass is 307 g/mol. The van der Waals surface area contributed by atoms with Crippen LogP contribution in [0.25, 0.3) is 0 Å². The highest BCUT2D eigenvalue weighted by molar-refractivity contribution is 7.16. The highest BCUT2D eigenvalue weighted by Crippen LogP contribution is 2.22. The van der Waals surface area contributed by atoms with Crippen molar-refractivity contribution in [3.05, 3.63) is 56.7 Å². The first-order valence-corrected chi connectivity index (χ1v) is 8.33. The Labute approximate surface area is 131 Å². The van der Waals surface area contributed by atoms with Gasteiger partial charge < -0.3 is 5.32 Å². The smallest absolute Gasteiger partial charge is 0.0931 e. The first-order chi connectivity index (χ1) is 9.56. The SMILES string of the molecule is CC(C)c1ccc(C(C)NCCc2ccc(Cl)s2)cc1. The minimum absolute atomic E-state index is 0.381. The number of thiophene rings is 1. The van der Waals surface area contributed by atoms with E-state index in [4.69, 9.17) is 11.6 Å². The first-order valence-electron chi connectivity index (χ1n) is 7.13. The molecule has 1 heterocycles. The predicted molar refractivity (Wildman–Crippen MR) is 90.0 cm³/mol. The molecule has 0 radical (unpaired) electrons. The van der Waals surface area contributed by atoms with Crippen LogP contribution in [0.2, 0.25) is 4.34 Å².